The fraction of sp³-hybridized carbons (Fsp3) is 0.846. The second-order valence-electron chi connectivity index (χ2n) is 6.39. The van der Waals surface area contributed by atoms with Crippen molar-refractivity contribution >= 4 is 11.8 Å². The minimum atomic E-state index is -0.0876. The molecule has 1 saturated heterocycles. The maximum Gasteiger partial charge on any atom is 0.233 e. The Hall–Kier alpha value is -0.900. The molecule has 0 aromatic carbocycles. The molecule has 0 bridgehead atoms. The molecule has 3 aliphatic rings. The Balaban J connectivity index is 1.75. The fourth-order valence-corrected chi connectivity index (χ4v) is 3.69. The Morgan fingerprint density at radius 2 is 1.53 bits per heavy atom. The van der Waals surface area contributed by atoms with Crippen LogP contribution in [0.3, 0.4) is 0 Å². The second-order valence-corrected chi connectivity index (χ2v) is 6.39. The van der Waals surface area contributed by atoms with E-state index in [9.17, 15) is 9.59 Å². The summed E-state index contributed by atoms with van der Waals surface area (Å²) >= 11 is 0. The first-order chi connectivity index (χ1) is 7.94. The molecule has 1 aliphatic heterocycles. The van der Waals surface area contributed by atoms with Gasteiger partial charge in [0.25, 0.3) is 0 Å². The van der Waals surface area contributed by atoms with Gasteiger partial charge < -0.3 is 5.73 Å². The Morgan fingerprint density at radius 3 is 2.00 bits per heavy atom. The highest BCUT2D eigenvalue weighted by molar-refractivity contribution is 6.10. The molecule has 17 heavy (non-hydrogen) atoms. The average Bonchev–Trinajstić information content (AvgIpc) is 2.72. The molecule has 4 heteroatoms. The number of nitrogens with zero attached hydrogens (tertiary/aromatic N) is 1. The van der Waals surface area contributed by atoms with E-state index in [0.717, 1.165) is 25.7 Å². The van der Waals surface area contributed by atoms with E-state index < -0.39 is 0 Å². The molecule has 4 nitrogen and oxygen atoms in total. The van der Waals surface area contributed by atoms with Crippen LogP contribution < -0.4 is 5.73 Å². The molecule has 2 atom stereocenters. The van der Waals surface area contributed by atoms with Crippen LogP contribution in [-0.4, -0.2) is 28.8 Å². The number of likely N-dealkylation sites (tertiary alicyclic amines) is 1. The molecule has 3 rings (SSSR count). The average molecular weight is 236 g/mol. The highest BCUT2D eigenvalue weighted by Gasteiger charge is 2.73. The summed E-state index contributed by atoms with van der Waals surface area (Å²) < 4.78 is 0. The fourth-order valence-electron chi connectivity index (χ4n) is 3.69. The number of fused-ring (bicyclic) bond motifs is 1. The third-order valence-electron chi connectivity index (χ3n) is 4.94. The van der Waals surface area contributed by atoms with Crippen molar-refractivity contribution in [2.45, 2.75) is 51.6 Å². The lowest BCUT2D eigenvalue weighted by Gasteiger charge is -2.34. The molecule has 2 unspecified atom stereocenters. The van der Waals surface area contributed by atoms with Gasteiger partial charge in [-0.15, -0.1) is 0 Å². The van der Waals surface area contributed by atoms with Gasteiger partial charge in [0.1, 0.15) is 0 Å². The first-order valence-corrected chi connectivity index (χ1v) is 6.57. The topological polar surface area (TPSA) is 63.4 Å². The minimum Gasteiger partial charge on any atom is -0.328 e. The van der Waals surface area contributed by atoms with Crippen LogP contribution in [0.2, 0.25) is 0 Å². The van der Waals surface area contributed by atoms with Gasteiger partial charge in [0.05, 0.1) is 11.8 Å². The van der Waals surface area contributed by atoms with Crippen molar-refractivity contribution in [3.05, 3.63) is 0 Å². The van der Waals surface area contributed by atoms with Crippen molar-refractivity contribution in [2.24, 2.45) is 23.0 Å². The van der Waals surface area contributed by atoms with Crippen molar-refractivity contribution < 1.29 is 9.59 Å². The Morgan fingerprint density at radius 1 is 1.06 bits per heavy atom. The number of imide groups is 1. The first kappa shape index (κ1) is 11.2. The lowest BCUT2D eigenvalue weighted by atomic mass is 9.90. The third-order valence-corrected chi connectivity index (χ3v) is 4.94. The lowest BCUT2D eigenvalue weighted by Crippen LogP contribution is -2.46. The summed E-state index contributed by atoms with van der Waals surface area (Å²) in [4.78, 5) is 26.0. The predicted molar refractivity (Wildman–Crippen MR) is 62.8 cm³/mol. The molecule has 2 aliphatic carbocycles. The minimum absolute atomic E-state index is 0.0365. The van der Waals surface area contributed by atoms with Crippen molar-refractivity contribution in [1.29, 1.82) is 0 Å². The van der Waals surface area contributed by atoms with E-state index >= 15 is 0 Å². The molecule has 0 spiro atoms. The van der Waals surface area contributed by atoms with Crippen LogP contribution in [0.1, 0.15) is 39.5 Å². The number of nitrogens with two attached hydrogens (primary N) is 1. The van der Waals surface area contributed by atoms with Gasteiger partial charge in [-0.05, 0) is 31.1 Å². The van der Waals surface area contributed by atoms with Crippen LogP contribution in [0.4, 0.5) is 0 Å². The molecular weight excluding hydrogens is 216 g/mol. The molecule has 2 amide bonds. The van der Waals surface area contributed by atoms with Gasteiger partial charge in [-0.3, -0.25) is 14.5 Å². The van der Waals surface area contributed by atoms with Gasteiger partial charge in [0, 0.05) is 12.1 Å². The zero-order chi connectivity index (χ0) is 12.4. The number of rotatable bonds is 1. The van der Waals surface area contributed by atoms with E-state index in [1.165, 1.54) is 0 Å². The quantitative estimate of drug-likeness (QED) is 0.688. The van der Waals surface area contributed by atoms with Crippen LogP contribution in [-0.2, 0) is 9.59 Å². The molecule has 0 aromatic heterocycles. The van der Waals surface area contributed by atoms with Crippen molar-refractivity contribution in [1.82, 2.24) is 4.90 Å². The third kappa shape index (κ3) is 1.39. The van der Waals surface area contributed by atoms with Crippen LogP contribution >= 0.6 is 0 Å². The van der Waals surface area contributed by atoms with E-state index in [1.54, 1.807) is 4.90 Å². The van der Waals surface area contributed by atoms with Crippen LogP contribution in [0.15, 0.2) is 0 Å². The molecule has 2 N–H and O–H groups in total. The lowest BCUT2D eigenvalue weighted by molar-refractivity contribution is -0.146. The summed E-state index contributed by atoms with van der Waals surface area (Å²) in [5, 5.41) is 0. The highest BCUT2D eigenvalue weighted by atomic mass is 16.2. The van der Waals surface area contributed by atoms with E-state index in [1.807, 2.05) is 13.8 Å². The van der Waals surface area contributed by atoms with Gasteiger partial charge in [-0.2, -0.15) is 0 Å². The highest BCUT2D eigenvalue weighted by Crippen LogP contribution is 2.63. The van der Waals surface area contributed by atoms with E-state index in [0.29, 0.717) is 0 Å². The molecule has 2 saturated carbocycles. The Kier molecular flexibility index (Phi) is 2.18. The van der Waals surface area contributed by atoms with E-state index in [4.69, 9.17) is 5.73 Å². The number of piperidine rings is 1. The standard InChI is InChI=1S/C13H20N2O2/c1-13(2)9-10(13)12(17)15(11(9)16)8-5-3-7(14)4-6-8/h7-10H,3-6,14H2,1-2H3. The second kappa shape index (κ2) is 3.31. The summed E-state index contributed by atoms with van der Waals surface area (Å²) in [5.74, 6) is 0.0761. The summed E-state index contributed by atoms with van der Waals surface area (Å²) in [7, 11) is 0. The summed E-state index contributed by atoms with van der Waals surface area (Å²) in [6.07, 6.45) is 3.64. The molecule has 1 heterocycles. The number of carbonyl (C=O) groups is 2. The monoisotopic (exact) mass is 236 g/mol. The molecule has 0 radical (unpaired) electrons. The smallest absolute Gasteiger partial charge is 0.233 e. The number of hydrogen-bond acceptors (Lipinski definition) is 3. The number of carbonyl (C=O) groups excluding carboxylic acids is 2. The maximum absolute atomic E-state index is 12.2. The van der Waals surface area contributed by atoms with Gasteiger partial charge in [-0.25, -0.2) is 0 Å². The Labute approximate surface area is 102 Å². The van der Waals surface area contributed by atoms with Crippen molar-refractivity contribution in [2.75, 3.05) is 0 Å². The van der Waals surface area contributed by atoms with Gasteiger partial charge in [-0.1, -0.05) is 13.8 Å². The zero-order valence-electron chi connectivity index (χ0n) is 10.5. The van der Waals surface area contributed by atoms with E-state index in [-0.39, 0.29) is 41.1 Å². The molecule has 3 fully saturated rings. The predicted octanol–water partition coefficient (Wildman–Crippen LogP) is 0.897. The van der Waals surface area contributed by atoms with E-state index in [2.05, 4.69) is 0 Å². The largest absolute Gasteiger partial charge is 0.328 e. The van der Waals surface area contributed by atoms with Crippen molar-refractivity contribution in [3.63, 3.8) is 0 Å². The summed E-state index contributed by atoms with van der Waals surface area (Å²) in [6, 6.07) is 0.378. The molecular formula is C13H20N2O2. The Bertz CT molecular complexity index is 359. The summed E-state index contributed by atoms with van der Waals surface area (Å²) in [5.41, 5.74) is 5.77. The normalized spacial score (nSPS) is 43.8. The molecule has 94 valence electrons. The number of hydrogen-bond donors (Lipinski definition) is 1. The number of amides is 2. The first-order valence-electron chi connectivity index (χ1n) is 6.57. The SMILES string of the molecule is CC1(C)C2C(=O)N(C3CCC(N)CC3)C(=O)C21. The maximum atomic E-state index is 12.2. The molecule has 0 aromatic rings. The zero-order valence-corrected chi connectivity index (χ0v) is 10.5. The van der Waals surface area contributed by atoms with Crippen molar-refractivity contribution in [3.8, 4) is 0 Å². The van der Waals surface area contributed by atoms with Crippen LogP contribution in [0.5, 0.6) is 0 Å². The summed E-state index contributed by atoms with van der Waals surface area (Å²) in [6.45, 7) is 4.04. The van der Waals surface area contributed by atoms with Gasteiger partial charge >= 0.3 is 0 Å². The van der Waals surface area contributed by atoms with Crippen LogP contribution in [0, 0.1) is 17.3 Å². The van der Waals surface area contributed by atoms with Crippen LogP contribution in [0.25, 0.3) is 0 Å². The van der Waals surface area contributed by atoms with Gasteiger partial charge in [0.2, 0.25) is 11.8 Å². The van der Waals surface area contributed by atoms with Gasteiger partial charge in [0.15, 0.2) is 0 Å².